The topological polar surface area (TPSA) is 49.7 Å². The molecule has 2 N–H and O–H groups in total. The fourth-order valence-electron chi connectivity index (χ4n) is 3.25. The van der Waals surface area contributed by atoms with Gasteiger partial charge in [0, 0.05) is 0 Å². The van der Waals surface area contributed by atoms with Crippen molar-refractivity contribution in [2.24, 2.45) is 0 Å². The van der Waals surface area contributed by atoms with Crippen molar-refractivity contribution < 1.29 is 14.3 Å². The Morgan fingerprint density at radius 3 is 1.88 bits per heavy atom. The summed E-state index contributed by atoms with van der Waals surface area (Å²) in [5.41, 5.74) is 2.06. The number of aryl methyl sites for hydroxylation is 2. The lowest BCUT2D eigenvalue weighted by Gasteiger charge is -2.27. The molecule has 0 fully saturated rings. The third-order valence-electron chi connectivity index (χ3n) is 4.63. The number of benzene rings is 2. The van der Waals surface area contributed by atoms with Crippen molar-refractivity contribution in [3.05, 3.63) is 59.7 Å². The summed E-state index contributed by atoms with van der Waals surface area (Å²) in [5, 5.41) is 19.7. The minimum absolute atomic E-state index is 0.400. The molecule has 0 bridgehead atoms. The van der Waals surface area contributed by atoms with Gasteiger partial charge in [-0.2, -0.15) is 0 Å². The van der Waals surface area contributed by atoms with Crippen molar-refractivity contribution in [3.63, 3.8) is 0 Å². The Hall–Kier alpha value is -1.57. The van der Waals surface area contributed by atoms with Crippen molar-refractivity contribution in [1.29, 1.82) is 0 Å². The normalized spacial score (nSPS) is 11.8. The Kier molecular flexibility index (Phi) is 7.94. The number of phenols is 2. The molecule has 0 aromatic heterocycles. The maximum atomic E-state index is 9.86. The molecule has 0 unspecified atom stereocenters. The van der Waals surface area contributed by atoms with Gasteiger partial charge in [-0.05, 0) is 80.7 Å². The summed E-state index contributed by atoms with van der Waals surface area (Å²) in [7, 11) is -2.46. The van der Waals surface area contributed by atoms with E-state index >= 15 is 0 Å². The SMILES string of the molecule is C[Si](CCCc1ccccc1O)O[Si](C)(C)CCCc1ccccc1O. The number of para-hydroxylation sites is 2. The van der Waals surface area contributed by atoms with Crippen LogP contribution in [0.3, 0.4) is 0 Å². The second-order valence-electron chi connectivity index (χ2n) is 7.53. The summed E-state index contributed by atoms with van der Waals surface area (Å²) in [6.45, 7) is 6.86. The quantitative estimate of drug-likeness (QED) is 0.529. The highest BCUT2D eigenvalue weighted by molar-refractivity contribution is 6.78. The van der Waals surface area contributed by atoms with Crippen molar-refractivity contribution in [1.82, 2.24) is 0 Å². The van der Waals surface area contributed by atoms with Gasteiger partial charge in [0.2, 0.25) is 0 Å². The first kappa shape index (κ1) is 20.7. The highest BCUT2D eigenvalue weighted by Crippen LogP contribution is 2.23. The second-order valence-corrected chi connectivity index (χ2v) is 14.3. The molecule has 5 heteroatoms. The summed E-state index contributed by atoms with van der Waals surface area (Å²) in [6, 6.07) is 17.4. The van der Waals surface area contributed by atoms with E-state index in [-0.39, 0.29) is 0 Å². The van der Waals surface area contributed by atoms with Gasteiger partial charge < -0.3 is 14.3 Å². The number of hydrogen-bond acceptors (Lipinski definition) is 3. The van der Waals surface area contributed by atoms with Crippen LogP contribution >= 0.6 is 0 Å². The zero-order valence-electron chi connectivity index (χ0n) is 16.2. The molecule has 0 saturated carbocycles. The van der Waals surface area contributed by atoms with E-state index in [0.717, 1.165) is 48.9 Å². The zero-order valence-corrected chi connectivity index (χ0v) is 18.2. The summed E-state index contributed by atoms with van der Waals surface area (Å²) in [6.07, 6.45) is 3.94. The largest absolute Gasteiger partial charge is 0.508 e. The molecule has 0 saturated heterocycles. The van der Waals surface area contributed by atoms with E-state index in [1.807, 2.05) is 36.4 Å². The molecule has 1 radical (unpaired) electrons. The first-order chi connectivity index (χ1) is 12.4. The van der Waals surface area contributed by atoms with Crippen molar-refractivity contribution in [3.8, 4) is 11.5 Å². The van der Waals surface area contributed by atoms with Crippen LogP contribution in [0.15, 0.2) is 48.5 Å². The smallest absolute Gasteiger partial charge is 0.194 e. The Labute approximate surface area is 160 Å². The molecule has 0 amide bonds. The Bertz CT molecular complexity index is 688. The number of aromatic hydroxyl groups is 2. The predicted molar refractivity (Wildman–Crippen MR) is 113 cm³/mol. The van der Waals surface area contributed by atoms with Crippen LogP contribution in [-0.4, -0.2) is 27.6 Å². The van der Waals surface area contributed by atoms with Crippen LogP contribution in [0.1, 0.15) is 24.0 Å². The summed E-state index contributed by atoms with van der Waals surface area (Å²) in [4.78, 5) is 0. The molecule has 2 aromatic carbocycles. The molecule has 0 spiro atoms. The van der Waals surface area contributed by atoms with Crippen LogP contribution in [0.2, 0.25) is 31.7 Å². The maximum Gasteiger partial charge on any atom is 0.194 e. The van der Waals surface area contributed by atoms with Crippen LogP contribution in [0, 0.1) is 0 Å². The Morgan fingerprint density at radius 2 is 1.35 bits per heavy atom. The molecule has 0 aliphatic rings. The van der Waals surface area contributed by atoms with Crippen LogP contribution in [0.25, 0.3) is 0 Å². The van der Waals surface area contributed by atoms with E-state index in [0.29, 0.717) is 11.5 Å². The lowest BCUT2D eigenvalue weighted by molar-refractivity contribution is 0.467. The molecular formula is C21H31O3Si2. The predicted octanol–water partition coefficient (Wildman–Crippen LogP) is 5.51. The van der Waals surface area contributed by atoms with Gasteiger partial charge in [0.15, 0.2) is 17.4 Å². The van der Waals surface area contributed by atoms with Gasteiger partial charge in [-0.1, -0.05) is 36.4 Å². The molecule has 0 heterocycles. The van der Waals surface area contributed by atoms with Crippen LogP contribution in [0.4, 0.5) is 0 Å². The highest BCUT2D eigenvalue weighted by Gasteiger charge is 2.25. The monoisotopic (exact) mass is 387 g/mol. The highest BCUT2D eigenvalue weighted by atomic mass is 28.4. The number of hydrogen-bond donors (Lipinski definition) is 2. The summed E-state index contributed by atoms with van der Waals surface area (Å²) >= 11 is 0. The van der Waals surface area contributed by atoms with Crippen LogP contribution in [0.5, 0.6) is 11.5 Å². The van der Waals surface area contributed by atoms with Gasteiger partial charge in [-0.25, -0.2) is 0 Å². The Balaban J connectivity index is 1.70. The molecule has 26 heavy (non-hydrogen) atoms. The van der Waals surface area contributed by atoms with Gasteiger partial charge in [0.1, 0.15) is 11.5 Å². The third kappa shape index (κ3) is 6.98. The molecular weight excluding hydrogens is 356 g/mol. The maximum absolute atomic E-state index is 9.86. The van der Waals surface area contributed by atoms with Gasteiger partial charge in [-0.3, -0.25) is 0 Å². The third-order valence-corrected chi connectivity index (χ3v) is 10.9. The minimum atomic E-state index is -1.66. The van der Waals surface area contributed by atoms with Gasteiger partial charge in [-0.15, -0.1) is 0 Å². The van der Waals surface area contributed by atoms with Crippen molar-refractivity contribution in [2.45, 2.75) is 57.4 Å². The standard InChI is InChI=1S/C21H31O3Si2/c1-25(16-8-12-18-10-4-6-14-20(18)22)24-26(2,3)17-9-13-19-11-5-7-15-21(19)23/h4-7,10-11,14-15,22-23H,8-9,12-13,16-17H2,1-3H3. The van der Waals surface area contributed by atoms with Gasteiger partial charge in [0.25, 0.3) is 0 Å². The molecule has 0 aliphatic carbocycles. The molecule has 3 nitrogen and oxygen atoms in total. The average Bonchev–Trinajstić information content (AvgIpc) is 2.58. The number of phenolic OH excluding ortho intramolecular Hbond substituents is 2. The number of rotatable bonds is 10. The van der Waals surface area contributed by atoms with Crippen molar-refractivity contribution >= 4 is 17.4 Å². The molecule has 2 aromatic rings. The summed E-state index contributed by atoms with van der Waals surface area (Å²) in [5.74, 6) is 0.800. The zero-order chi connectivity index (χ0) is 19.0. The second kappa shape index (κ2) is 9.95. The van der Waals surface area contributed by atoms with Gasteiger partial charge >= 0.3 is 0 Å². The molecule has 0 atom stereocenters. The van der Waals surface area contributed by atoms with Crippen molar-refractivity contribution in [2.75, 3.05) is 0 Å². The van der Waals surface area contributed by atoms with E-state index in [1.165, 1.54) is 0 Å². The minimum Gasteiger partial charge on any atom is -0.508 e. The fourth-order valence-corrected chi connectivity index (χ4v) is 9.54. The van der Waals surface area contributed by atoms with Crippen LogP contribution in [-0.2, 0) is 17.0 Å². The van der Waals surface area contributed by atoms with Crippen LogP contribution < -0.4 is 0 Å². The van der Waals surface area contributed by atoms with E-state index < -0.39 is 17.4 Å². The molecule has 2 rings (SSSR count). The van der Waals surface area contributed by atoms with E-state index in [2.05, 4.69) is 19.6 Å². The first-order valence-corrected chi connectivity index (χ1v) is 14.7. The molecule has 0 aliphatic heterocycles. The van der Waals surface area contributed by atoms with E-state index in [4.69, 9.17) is 4.12 Å². The summed E-state index contributed by atoms with van der Waals surface area (Å²) < 4.78 is 6.49. The van der Waals surface area contributed by atoms with Gasteiger partial charge in [0.05, 0.1) is 0 Å². The van der Waals surface area contributed by atoms with E-state index in [1.54, 1.807) is 12.1 Å². The Morgan fingerprint density at radius 1 is 0.846 bits per heavy atom. The first-order valence-electron chi connectivity index (χ1n) is 9.42. The molecule has 141 valence electrons. The fraction of sp³-hybridized carbons (Fsp3) is 0.429. The average molecular weight is 388 g/mol. The van der Waals surface area contributed by atoms with E-state index in [9.17, 15) is 10.2 Å². The lowest BCUT2D eigenvalue weighted by Crippen LogP contribution is -2.36. The lowest BCUT2D eigenvalue weighted by atomic mass is 10.1.